The number of sulfonamides is 1. The third kappa shape index (κ3) is 5.23. The first-order chi connectivity index (χ1) is 12.4. The molecule has 0 spiro atoms. The van der Waals surface area contributed by atoms with Crippen LogP contribution in [-0.4, -0.2) is 21.4 Å². The first kappa shape index (κ1) is 19.8. The number of hydrogen-bond donors (Lipinski definition) is 2. The summed E-state index contributed by atoms with van der Waals surface area (Å²) >= 11 is 0. The van der Waals surface area contributed by atoms with Gasteiger partial charge in [0.05, 0.1) is 17.7 Å². The molecule has 6 nitrogen and oxygen atoms in total. The highest BCUT2D eigenvalue weighted by Crippen LogP contribution is 2.28. The molecule has 2 aromatic carbocycles. The number of nitrogens with one attached hydrogen (secondary N) is 2. The molecule has 2 N–H and O–H groups in total. The molecule has 2 aromatic rings. The molecule has 0 aliphatic carbocycles. The molecule has 0 fully saturated rings. The highest BCUT2D eigenvalue weighted by atomic mass is 32.2. The van der Waals surface area contributed by atoms with Gasteiger partial charge in [-0.05, 0) is 42.7 Å². The number of carbonyl (C=O) groups is 1. The normalized spacial score (nSPS) is 11.0. The first-order valence-electron chi connectivity index (χ1n) is 8.43. The minimum atomic E-state index is -3.76. The van der Waals surface area contributed by atoms with E-state index in [1.807, 2.05) is 12.1 Å². The zero-order valence-electron chi connectivity index (χ0n) is 15.2. The number of ether oxygens (including phenoxy) is 1. The Bertz CT molecular complexity index is 862. The molecule has 2 rings (SSSR count). The van der Waals surface area contributed by atoms with Crippen LogP contribution in [0, 0.1) is 0 Å². The number of hydrogen-bond acceptors (Lipinski definition) is 4. The molecule has 0 saturated heterocycles. The van der Waals surface area contributed by atoms with Crippen molar-refractivity contribution in [2.45, 2.75) is 38.0 Å². The van der Waals surface area contributed by atoms with E-state index in [0.717, 1.165) is 19.3 Å². The van der Waals surface area contributed by atoms with E-state index in [9.17, 15) is 13.2 Å². The van der Waals surface area contributed by atoms with Gasteiger partial charge in [0.25, 0.3) is 10.0 Å². The fourth-order valence-electron chi connectivity index (χ4n) is 2.47. The molecule has 0 aromatic heterocycles. The van der Waals surface area contributed by atoms with Crippen molar-refractivity contribution >= 4 is 27.3 Å². The van der Waals surface area contributed by atoms with Crippen LogP contribution in [0.5, 0.6) is 5.75 Å². The van der Waals surface area contributed by atoms with Crippen LogP contribution < -0.4 is 14.8 Å². The summed E-state index contributed by atoms with van der Waals surface area (Å²) in [6.07, 6.45) is 3.20. The zero-order valence-corrected chi connectivity index (χ0v) is 16.0. The molecule has 140 valence electrons. The third-order valence-corrected chi connectivity index (χ3v) is 5.20. The van der Waals surface area contributed by atoms with Gasteiger partial charge in [-0.15, -0.1) is 0 Å². The van der Waals surface area contributed by atoms with Crippen molar-refractivity contribution in [1.82, 2.24) is 0 Å². The molecule has 0 heterocycles. The number of methoxy groups -OCH3 is 1. The molecule has 0 aliphatic heterocycles. The monoisotopic (exact) mass is 376 g/mol. The lowest BCUT2D eigenvalue weighted by molar-refractivity contribution is -0.114. The van der Waals surface area contributed by atoms with Gasteiger partial charge in [-0.2, -0.15) is 0 Å². The van der Waals surface area contributed by atoms with Crippen molar-refractivity contribution in [3.63, 3.8) is 0 Å². The minimum Gasteiger partial charge on any atom is -0.495 e. The lowest BCUT2D eigenvalue weighted by Crippen LogP contribution is -2.14. The SMILES string of the molecule is CCCCc1ccc(NS(=O)(=O)c2ccc(NC(C)=O)c(OC)c2)cc1. The van der Waals surface area contributed by atoms with Gasteiger partial charge in [0.1, 0.15) is 5.75 Å². The molecule has 0 bridgehead atoms. The van der Waals surface area contributed by atoms with Crippen LogP contribution in [0.25, 0.3) is 0 Å². The molecular formula is C19H24N2O4S. The number of anilines is 2. The smallest absolute Gasteiger partial charge is 0.262 e. The first-order valence-corrected chi connectivity index (χ1v) is 9.91. The van der Waals surface area contributed by atoms with Crippen molar-refractivity contribution in [3.05, 3.63) is 48.0 Å². The van der Waals surface area contributed by atoms with E-state index in [2.05, 4.69) is 17.0 Å². The summed E-state index contributed by atoms with van der Waals surface area (Å²) in [6.45, 7) is 3.50. The van der Waals surface area contributed by atoms with Crippen molar-refractivity contribution in [1.29, 1.82) is 0 Å². The summed E-state index contributed by atoms with van der Waals surface area (Å²) in [4.78, 5) is 11.3. The highest BCUT2D eigenvalue weighted by molar-refractivity contribution is 7.92. The maximum absolute atomic E-state index is 12.6. The van der Waals surface area contributed by atoms with Gasteiger partial charge in [-0.1, -0.05) is 25.5 Å². The second-order valence-electron chi connectivity index (χ2n) is 5.95. The molecule has 1 amide bonds. The lowest BCUT2D eigenvalue weighted by atomic mass is 10.1. The van der Waals surface area contributed by atoms with E-state index in [-0.39, 0.29) is 16.6 Å². The molecule has 0 atom stereocenters. The fraction of sp³-hybridized carbons (Fsp3) is 0.316. The summed E-state index contributed by atoms with van der Waals surface area (Å²) in [5, 5.41) is 2.60. The Labute approximate surface area is 154 Å². The standard InChI is InChI=1S/C19H24N2O4S/c1-4-5-6-15-7-9-16(10-8-15)21-26(23,24)17-11-12-18(20-14(2)22)19(13-17)25-3/h7-13,21H,4-6H2,1-3H3,(H,20,22). The Morgan fingerprint density at radius 3 is 2.38 bits per heavy atom. The molecule has 0 aliphatic rings. The number of amides is 1. The molecule has 0 radical (unpaired) electrons. The van der Waals surface area contributed by atoms with Crippen LogP contribution in [-0.2, 0) is 21.2 Å². The number of unbranched alkanes of at least 4 members (excludes halogenated alkanes) is 1. The van der Waals surface area contributed by atoms with Gasteiger partial charge in [-0.25, -0.2) is 8.42 Å². The molecule has 0 unspecified atom stereocenters. The Kier molecular flexibility index (Phi) is 6.63. The van der Waals surface area contributed by atoms with E-state index < -0.39 is 10.0 Å². The van der Waals surface area contributed by atoms with E-state index in [0.29, 0.717) is 11.4 Å². The lowest BCUT2D eigenvalue weighted by Gasteiger charge is -2.13. The van der Waals surface area contributed by atoms with Crippen LogP contribution in [0.3, 0.4) is 0 Å². The van der Waals surface area contributed by atoms with E-state index in [1.54, 1.807) is 12.1 Å². The van der Waals surface area contributed by atoms with E-state index in [1.165, 1.54) is 37.8 Å². The van der Waals surface area contributed by atoms with Gasteiger partial charge in [0, 0.05) is 18.7 Å². The Morgan fingerprint density at radius 2 is 1.81 bits per heavy atom. The fourth-order valence-corrected chi connectivity index (χ4v) is 3.54. The topological polar surface area (TPSA) is 84.5 Å². The summed E-state index contributed by atoms with van der Waals surface area (Å²) in [7, 11) is -2.35. The Hall–Kier alpha value is -2.54. The summed E-state index contributed by atoms with van der Waals surface area (Å²) < 4.78 is 32.9. The maximum Gasteiger partial charge on any atom is 0.262 e. The Balaban J connectivity index is 2.20. The molecule has 26 heavy (non-hydrogen) atoms. The highest BCUT2D eigenvalue weighted by Gasteiger charge is 2.17. The molecule has 0 saturated carbocycles. The van der Waals surface area contributed by atoms with Crippen LogP contribution in [0.2, 0.25) is 0 Å². The van der Waals surface area contributed by atoms with Gasteiger partial charge in [0.2, 0.25) is 5.91 Å². The average molecular weight is 376 g/mol. The van der Waals surface area contributed by atoms with Gasteiger partial charge in [-0.3, -0.25) is 9.52 Å². The Morgan fingerprint density at radius 1 is 1.12 bits per heavy atom. The number of aryl methyl sites for hydroxylation is 1. The molecular weight excluding hydrogens is 352 g/mol. The maximum atomic E-state index is 12.6. The summed E-state index contributed by atoms with van der Waals surface area (Å²) in [6, 6.07) is 11.7. The second-order valence-corrected chi connectivity index (χ2v) is 7.63. The van der Waals surface area contributed by atoms with Crippen LogP contribution in [0.15, 0.2) is 47.4 Å². The summed E-state index contributed by atoms with van der Waals surface area (Å²) in [5.41, 5.74) is 2.09. The predicted molar refractivity (Wildman–Crippen MR) is 103 cm³/mol. The third-order valence-electron chi connectivity index (χ3n) is 3.82. The number of carbonyl (C=O) groups excluding carboxylic acids is 1. The van der Waals surface area contributed by atoms with Gasteiger partial charge < -0.3 is 10.1 Å². The largest absolute Gasteiger partial charge is 0.495 e. The van der Waals surface area contributed by atoms with Crippen LogP contribution in [0.4, 0.5) is 11.4 Å². The van der Waals surface area contributed by atoms with Crippen molar-refractivity contribution < 1.29 is 17.9 Å². The zero-order chi connectivity index (χ0) is 19.2. The predicted octanol–water partition coefficient (Wildman–Crippen LogP) is 3.80. The quantitative estimate of drug-likeness (QED) is 0.734. The number of rotatable bonds is 8. The summed E-state index contributed by atoms with van der Waals surface area (Å²) in [5.74, 6) is 0.0122. The van der Waals surface area contributed by atoms with Gasteiger partial charge in [0.15, 0.2) is 0 Å². The van der Waals surface area contributed by atoms with Crippen molar-refractivity contribution in [3.8, 4) is 5.75 Å². The average Bonchev–Trinajstić information content (AvgIpc) is 2.60. The number of benzene rings is 2. The minimum absolute atomic E-state index is 0.0542. The van der Waals surface area contributed by atoms with Crippen LogP contribution in [0.1, 0.15) is 32.3 Å². The van der Waals surface area contributed by atoms with E-state index >= 15 is 0 Å². The van der Waals surface area contributed by atoms with Crippen LogP contribution >= 0.6 is 0 Å². The van der Waals surface area contributed by atoms with Crippen molar-refractivity contribution in [2.75, 3.05) is 17.1 Å². The van der Waals surface area contributed by atoms with Gasteiger partial charge >= 0.3 is 0 Å². The molecule has 7 heteroatoms. The second kappa shape index (κ2) is 8.71. The van der Waals surface area contributed by atoms with Crippen molar-refractivity contribution in [2.24, 2.45) is 0 Å². The van der Waals surface area contributed by atoms with E-state index in [4.69, 9.17) is 4.74 Å².